The molecule has 0 aliphatic carbocycles. The van der Waals surface area contributed by atoms with E-state index in [1.807, 2.05) is 24.3 Å². The number of hydrogen-bond donors (Lipinski definition) is 0. The van der Waals surface area contributed by atoms with Crippen molar-refractivity contribution in [3.05, 3.63) is 104 Å². The monoisotopic (exact) mass is 531 g/mol. The molecule has 0 radical (unpaired) electrons. The summed E-state index contributed by atoms with van der Waals surface area (Å²) in [7, 11) is 0. The molecular weight excluding hydrogens is 517 g/mol. The molecule has 2 amide bonds. The largest absolute Gasteiger partial charge is 0.489 e. The van der Waals surface area contributed by atoms with E-state index in [0.29, 0.717) is 15.7 Å². The number of imide groups is 1. The van der Waals surface area contributed by atoms with Crippen LogP contribution in [0.5, 0.6) is 5.75 Å². The van der Waals surface area contributed by atoms with Gasteiger partial charge in [-0.2, -0.15) is 0 Å². The molecule has 1 aliphatic heterocycles. The summed E-state index contributed by atoms with van der Waals surface area (Å²) >= 11 is 10.4. The Morgan fingerprint density at radius 2 is 1.78 bits per heavy atom. The first kappa shape index (κ1) is 22.6. The summed E-state index contributed by atoms with van der Waals surface area (Å²) in [4.78, 5) is 26.7. The zero-order valence-electron chi connectivity index (χ0n) is 16.6. The Kier molecular flexibility index (Phi) is 6.98. The van der Waals surface area contributed by atoms with Crippen molar-refractivity contribution in [2.45, 2.75) is 13.2 Å². The maximum Gasteiger partial charge on any atom is 0.293 e. The van der Waals surface area contributed by atoms with Gasteiger partial charge in [0, 0.05) is 10.0 Å². The van der Waals surface area contributed by atoms with Crippen LogP contribution in [0.15, 0.2) is 76.1 Å². The summed E-state index contributed by atoms with van der Waals surface area (Å²) in [5.41, 5.74) is 1.89. The van der Waals surface area contributed by atoms with Crippen LogP contribution in [0.3, 0.4) is 0 Å². The first-order valence-corrected chi connectivity index (χ1v) is 11.6. The first-order chi connectivity index (χ1) is 15.4. The van der Waals surface area contributed by atoms with E-state index in [1.165, 1.54) is 17.0 Å². The maximum absolute atomic E-state index is 13.9. The van der Waals surface area contributed by atoms with Crippen LogP contribution < -0.4 is 4.74 Å². The third kappa shape index (κ3) is 5.06. The minimum absolute atomic E-state index is 0.00120. The Morgan fingerprint density at radius 1 is 1.03 bits per heavy atom. The van der Waals surface area contributed by atoms with Gasteiger partial charge in [0.15, 0.2) is 0 Å². The van der Waals surface area contributed by atoms with E-state index in [2.05, 4.69) is 15.9 Å². The molecule has 0 unspecified atom stereocenters. The van der Waals surface area contributed by atoms with Crippen molar-refractivity contribution < 1.29 is 18.7 Å². The SMILES string of the molecule is O=C1S/C(=C\c2ccc(OCc3c(F)cccc3Cl)cc2)C(=O)N1Cc1ccccc1Br. The van der Waals surface area contributed by atoms with E-state index >= 15 is 0 Å². The summed E-state index contributed by atoms with van der Waals surface area (Å²) in [6, 6.07) is 18.9. The molecule has 0 atom stereocenters. The smallest absolute Gasteiger partial charge is 0.293 e. The fourth-order valence-electron chi connectivity index (χ4n) is 3.07. The number of hydrogen-bond acceptors (Lipinski definition) is 4. The molecule has 1 saturated heterocycles. The highest BCUT2D eigenvalue weighted by Crippen LogP contribution is 2.34. The Bertz CT molecular complexity index is 1200. The summed E-state index contributed by atoms with van der Waals surface area (Å²) in [5.74, 6) is -0.221. The van der Waals surface area contributed by atoms with Gasteiger partial charge < -0.3 is 4.74 Å². The van der Waals surface area contributed by atoms with Crippen molar-refractivity contribution >= 4 is 56.5 Å². The predicted molar refractivity (Wildman–Crippen MR) is 128 cm³/mol. The molecule has 0 spiro atoms. The Hall–Kier alpha value is -2.61. The highest BCUT2D eigenvalue weighted by molar-refractivity contribution is 9.10. The quantitative estimate of drug-likeness (QED) is 0.319. The first-order valence-electron chi connectivity index (χ1n) is 9.57. The van der Waals surface area contributed by atoms with Gasteiger partial charge >= 0.3 is 0 Å². The summed E-state index contributed by atoms with van der Waals surface area (Å²) in [6.45, 7) is 0.202. The van der Waals surface area contributed by atoms with E-state index < -0.39 is 5.82 Å². The molecule has 3 aromatic carbocycles. The molecule has 32 heavy (non-hydrogen) atoms. The lowest BCUT2D eigenvalue weighted by Crippen LogP contribution is -2.27. The van der Waals surface area contributed by atoms with Gasteiger partial charge in [-0.05, 0) is 59.3 Å². The normalized spacial score (nSPS) is 15.0. The van der Waals surface area contributed by atoms with Crippen LogP contribution in [0.25, 0.3) is 6.08 Å². The predicted octanol–water partition coefficient (Wildman–Crippen LogP) is 7.06. The van der Waals surface area contributed by atoms with Gasteiger partial charge in [-0.15, -0.1) is 0 Å². The minimum Gasteiger partial charge on any atom is -0.489 e. The van der Waals surface area contributed by atoms with Crippen molar-refractivity contribution in [2.24, 2.45) is 0 Å². The molecule has 1 aliphatic rings. The molecule has 4 rings (SSSR count). The zero-order valence-corrected chi connectivity index (χ0v) is 19.7. The van der Waals surface area contributed by atoms with Gasteiger partial charge in [-0.1, -0.05) is 63.9 Å². The zero-order chi connectivity index (χ0) is 22.7. The number of amides is 2. The molecule has 1 heterocycles. The van der Waals surface area contributed by atoms with Crippen molar-refractivity contribution in [3.63, 3.8) is 0 Å². The Balaban J connectivity index is 1.43. The number of halogens is 3. The summed E-state index contributed by atoms with van der Waals surface area (Å²) in [5, 5.41) is -0.00130. The van der Waals surface area contributed by atoms with Gasteiger partial charge in [0.25, 0.3) is 11.1 Å². The lowest BCUT2D eigenvalue weighted by Gasteiger charge is -2.13. The van der Waals surface area contributed by atoms with E-state index in [-0.39, 0.29) is 29.9 Å². The van der Waals surface area contributed by atoms with Crippen LogP contribution in [-0.4, -0.2) is 16.0 Å². The number of carbonyl (C=O) groups is 2. The highest BCUT2D eigenvalue weighted by Gasteiger charge is 2.35. The van der Waals surface area contributed by atoms with Crippen LogP contribution in [0, 0.1) is 5.82 Å². The molecule has 4 nitrogen and oxygen atoms in total. The summed E-state index contributed by atoms with van der Waals surface area (Å²) in [6.07, 6.45) is 1.67. The van der Waals surface area contributed by atoms with Gasteiger partial charge in [0.2, 0.25) is 0 Å². The number of nitrogens with zero attached hydrogens (tertiary/aromatic N) is 1. The molecule has 162 valence electrons. The van der Waals surface area contributed by atoms with Crippen LogP contribution in [0.1, 0.15) is 16.7 Å². The van der Waals surface area contributed by atoms with Crippen molar-refractivity contribution in [1.29, 1.82) is 0 Å². The number of benzene rings is 3. The number of ether oxygens (including phenoxy) is 1. The maximum atomic E-state index is 13.9. The van der Waals surface area contributed by atoms with E-state index in [4.69, 9.17) is 16.3 Å². The van der Waals surface area contributed by atoms with E-state index in [0.717, 1.165) is 27.4 Å². The molecule has 0 saturated carbocycles. The Labute approximate surface area is 202 Å². The Morgan fingerprint density at radius 3 is 2.50 bits per heavy atom. The van der Waals surface area contributed by atoms with E-state index in [9.17, 15) is 14.0 Å². The molecule has 0 aromatic heterocycles. The molecule has 0 bridgehead atoms. The third-order valence-corrected chi connectivity index (χ3v) is 6.82. The molecule has 8 heteroatoms. The van der Waals surface area contributed by atoms with Crippen molar-refractivity contribution in [1.82, 2.24) is 4.90 Å². The fourth-order valence-corrected chi connectivity index (χ4v) is 4.54. The topological polar surface area (TPSA) is 46.6 Å². The van der Waals surface area contributed by atoms with Crippen LogP contribution in [-0.2, 0) is 17.9 Å². The second kappa shape index (κ2) is 9.90. The number of rotatable bonds is 6. The molecular formula is C24H16BrClFNO3S. The van der Waals surface area contributed by atoms with Crippen LogP contribution in [0.4, 0.5) is 9.18 Å². The highest BCUT2D eigenvalue weighted by atomic mass is 79.9. The van der Waals surface area contributed by atoms with E-state index in [1.54, 1.807) is 36.4 Å². The minimum atomic E-state index is -0.424. The number of thioether (sulfide) groups is 1. The summed E-state index contributed by atoms with van der Waals surface area (Å²) < 4.78 is 20.3. The van der Waals surface area contributed by atoms with Gasteiger partial charge in [-0.25, -0.2) is 4.39 Å². The molecule has 0 N–H and O–H groups in total. The third-order valence-electron chi connectivity index (χ3n) is 4.78. The number of carbonyl (C=O) groups excluding carboxylic acids is 2. The van der Waals surface area contributed by atoms with Crippen molar-refractivity contribution in [3.8, 4) is 5.75 Å². The van der Waals surface area contributed by atoms with Crippen molar-refractivity contribution in [2.75, 3.05) is 0 Å². The second-order valence-electron chi connectivity index (χ2n) is 6.92. The van der Waals surface area contributed by atoms with Gasteiger partial charge in [0.05, 0.1) is 16.5 Å². The van der Waals surface area contributed by atoms with Crippen LogP contribution in [0.2, 0.25) is 5.02 Å². The standard InChI is InChI=1S/C24H16BrClFNO3S/c25-19-5-2-1-4-16(19)13-28-23(29)22(32-24(28)30)12-15-8-10-17(11-9-15)31-14-18-20(26)6-3-7-21(18)27/h1-12H,13-14H2/b22-12-. The molecule has 1 fully saturated rings. The van der Waals surface area contributed by atoms with Gasteiger partial charge in [-0.3, -0.25) is 14.5 Å². The van der Waals surface area contributed by atoms with Crippen LogP contribution >= 0.6 is 39.3 Å². The molecule has 3 aromatic rings. The second-order valence-corrected chi connectivity index (χ2v) is 9.17. The fraction of sp³-hybridized carbons (Fsp3) is 0.0833. The lowest BCUT2D eigenvalue weighted by molar-refractivity contribution is -0.123. The van der Waals surface area contributed by atoms with Gasteiger partial charge in [0.1, 0.15) is 18.2 Å². The lowest BCUT2D eigenvalue weighted by atomic mass is 10.2. The average molecular weight is 533 g/mol. The average Bonchev–Trinajstić information content (AvgIpc) is 3.03.